The Morgan fingerprint density at radius 3 is 2.31 bits per heavy atom. The predicted molar refractivity (Wildman–Crippen MR) is 149 cm³/mol. The fraction of sp³-hybridized carbons (Fsp3) is 0.630. The Labute approximate surface area is 222 Å². The number of anilines is 1. The van der Waals surface area contributed by atoms with Crippen LogP contribution in [0, 0.1) is 0 Å². The number of ether oxygens (including phenoxy) is 1. The number of carbonyl (C=O) groups is 1. The number of rotatable bonds is 6. The molecule has 3 aliphatic carbocycles. The normalized spacial score (nSPS) is 24.1. The first-order chi connectivity index (χ1) is 16.9. The zero-order valence-electron chi connectivity index (χ0n) is 22.7. The van der Waals surface area contributed by atoms with Crippen molar-refractivity contribution in [2.75, 3.05) is 5.73 Å². The number of amides is 1. The molecule has 200 valence electrons. The van der Waals surface area contributed by atoms with Gasteiger partial charge in [-0.2, -0.15) is 0 Å². The van der Waals surface area contributed by atoms with Crippen LogP contribution in [0.15, 0.2) is 29.3 Å². The third kappa shape index (κ3) is 6.47. The molecule has 5 rings (SSSR count). The molecular formula is C27H42N4O3S2. The van der Waals surface area contributed by atoms with E-state index in [1.165, 1.54) is 0 Å². The third-order valence-corrected chi connectivity index (χ3v) is 9.60. The van der Waals surface area contributed by atoms with Crippen LogP contribution in [0.5, 0.6) is 0 Å². The highest BCUT2D eigenvalue weighted by Gasteiger charge is 2.51. The standard InChI is InChI=1S/C25H36N4O3S2.C2H6/c1-16(2)32-22(30)28-25-11-8-24(9-12-25,10-13-25)21-27-15-19(33-21)18-7-6-17(26)14-20(18)34(31)29-23(3,4)5;1-2/h6-7,14-16,29H,8-13,26H2,1-5H3,(H,28,30);1-2H3. The van der Waals surface area contributed by atoms with E-state index in [2.05, 4.69) is 10.0 Å². The zero-order chi connectivity index (χ0) is 26.7. The van der Waals surface area contributed by atoms with Gasteiger partial charge in [-0.25, -0.2) is 18.7 Å². The minimum absolute atomic E-state index is 0.0467. The Morgan fingerprint density at radius 2 is 1.75 bits per heavy atom. The van der Waals surface area contributed by atoms with Crippen LogP contribution in [0.3, 0.4) is 0 Å². The average Bonchev–Trinajstić information content (AvgIpc) is 3.30. The molecule has 1 atom stereocenters. The summed E-state index contributed by atoms with van der Waals surface area (Å²) >= 11 is 1.69. The van der Waals surface area contributed by atoms with Gasteiger partial charge in [-0.1, -0.05) is 19.9 Å². The molecule has 1 heterocycles. The van der Waals surface area contributed by atoms with Crippen LogP contribution in [-0.4, -0.2) is 32.5 Å². The smallest absolute Gasteiger partial charge is 0.407 e. The maximum absolute atomic E-state index is 13.1. The molecule has 0 saturated heterocycles. The second-order valence-electron chi connectivity index (χ2n) is 11.0. The lowest BCUT2D eigenvalue weighted by Crippen LogP contribution is -2.58. The van der Waals surface area contributed by atoms with Gasteiger partial charge in [0.2, 0.25) is 0 Å². The van der Waals surface area contributed by atoms with E-state index < -0.39 is 11.0 Å². The van der Waals surface area contributed by atoms with Gasteiger partial charge in [0.05, 0.1) is 20.9 Å². The number of hydrogen-bond acceptors (Lipinski definition) is 6. The van der Waals surface area contributed by atoms with Crippen molar-refractivity contribution < 1.29 is 13.7 Å². The predicted octanol–water partition coefficient (Wildman–Crippen LogP) is 6.31. The molecule has 36 heavy (non-hydrogen) atoms. The average molecular weight is 535 g/mol. The monoisotopic (exact) mass is 534 g/mol. The lowest BCUT2D eigenvalue weighted by Gasteiger charge is -2.52. The highest BCUT2D eigenvalue weighted by atomic mass is 32.2. The number of aromatic nitrogens is 1. The Kier molecular flexibility index (Phi) is 8.89. The van der Waals surface area contributed by atoms with Crippen LogP contribution in [0.1, 0.15) is 92.0 Å². The number of benzene rings is 1. The van der Waals surface area contributed by atoms with E-state index in [9.17, 15) is 9.00 Å². The summed E-state index contributed by atoms with van der Waals surface area (Å²) < 4.78 is 21.6. The van der Waals surface area contributed by atoms with E-state index in [0.29, 0.717) is 10.6 Å². The van der Waals surface area contributed by atoms with Gasteiger partial charge in [0.15, 0.2) is 0 Å². The van der Waals surface area contributed by atoms with Crippen molar-refractivity contribution in [3.05, 3.63) is 29.4 Å². The first kappa shape index (κ1) is 28.6. The summed E-state index contributed by atoms with van der Waals surface area (Å²) in [5.74, 6) is 0. The van der Waals surface area contributed by atoms with Crippen LogP contribution >= 0.6 is 11.3 Å². The Bertz CT molecular complexity index is 1070. The van der Waals surface area contributed by atoms with Gasteiger partial charge in [-0.15, -0.1) is 11.3 Å². The van der Waals surface area contributed by atoms with E-state index in [4.69, 9.17) is 15.5 Å². The summed E-state index contributed by atoms with van der Waals surface area (Å²) in [5.41, 5.74) is 7.12. The first-order valence-corrected chi connectivity index (χ1v) is 14.9. The summed E-state index contributed by atoms with van der Waals surface area (Å²) in [6, 6.07) is 5.58. The molecule has 1 unspecified atom stereocenters. The van der Waals surface area contributed by atoms with Crippen molar-refractivity contribution in [1.29, 1.82) is 0 Å². The lowest BCUT2D eigenvalue weighted by molar-refractivity contribution is 0.0560. The number of fused-ring (bicyclic) bond motifs is 3. The number of thiazole rings is 1. The summed E-state index contributed by atoms with van der Waals surface area (Å²) in [5, 5.41) is 4.30. The van der Waals surface area contributed by atoms with Gasteiger partial charge in [0, 0.05) is 33.9 Å². The van der Waals surface area contributed by atoms with Gasteiger partial charge in [-0.05, 0) is 85.3 Å². The summed E-state index contributed by atoms with van der Waals surface area (Å²) in [7, 11) is -1.39. The number of hydrogen-bond donors (Lipinski definition) is 3. The van der Waals surface area contributed by atoms with E-state index in [1.54, 1.807) is 17.4 Å². The molecule has 4 N–H and O–H groups in total. The molecule has 1 aromatic carbocycles. The first-order valence-electron chi connectivity index (χ1n) is 13.0. The summed E-state index contributed by atoms with van der Waals surface area (Å²) in [4.78, 5) is 18.8. The second-order valence-corrected chi connectivity index (χ2v) is 13.3. The second kappa shape index (κ2) is 11.2. The van der Waals surface area contributed by atoms with Gasteiger partial charge >= 0.3 is 6.09 Å². The fourth-order valence-electron chi connectivity index (χ4n) is 5.03. The van der Waals surface area contributed by atoms with Gasteiger partial charge in [0.1, 0.15) is 11.0 Å². The minimum Gasteiger partial charge on any atom is -0.447 e. The number of alkyl carbamates (subject to hydrolysis) is 1. The van der Waals surface area contributed by atoms with Crippen LogP contribution in [0.4, 0.5) is 10.5 Å². The number of nitrogens with two attached hydrogens (primary N) is 1. The van der Waals surface area contributed by atoms with Gasteiger partial charge < -0.3 is 15.8 Å². The molecule has 1 amide bonds. The highest BCUT2D eigenvalue weighted by molar-refractivity contribution is 7.83. The molecule has 0 aliphatic heterocycles. The van der Waals surface area contributed by atoms with Crippen molar-refractivity contribution in [1.82, 2.24) is 15.0 Å². The Hall–Kier alpha value is -1.97. The summed E-state index contributed by atoms with van der Waals surface area (Å²) in [6.07, 6.45) is 7.25. The molecule has 0 spiro atoms. The quantitative estimate of drug-likeness (QED) is 0.377. The molecular weight excluding hydrogens is 492 g/mol. The topological polar surface area (TPSA) is 106 Å². The Morgan fingerprint density at radius 1 is 1.14 bits per heavy atom. The molecule has 1 aromatic heterocycles. The van der Waals surface area contributed by atoms with Gasteiger partial charge in [-0.3, -0.25) is 0 Å². The fourth-order valence-corrected chi connectivity index (χ4v) is 7.61. The van der Waals surface area contributed by atoms with E-state index in [1.807, 2.05) is 66.8 Å². The van der Waals surface area contributed by atoms with Crippen molar-refractivity contribution >= 4 is 34.1 Å². The molecule has 3 fully saturated rings. The molecule has 2 bridgehead atoms. The number of nitrogen functional groups attached to an aromatic ring is 1. The molecule has 9 heteroatoms. The maximum Gasteiger partial charge on any atom is 0.407 e. The SMILES string of the molecule is CC.CC(C)OC(=O)NC12CCC(c3ncc(-c4ccc(N)cc4S(=O)NC(C)(C)C)s3)(CC1)CC2. The number of carbonyl (C=O) groups excluding carboxylic acids is 1. The minimum atomic E-state index is -1.39. The van der Waals surface area contributed by atoms with Crippen molar-refractivity contribution in [2.45, 2.75) is 114 Å². The van der Waals surface area contributed by atoms with Gasteiger partial charge in [0.25, 0.3) is 0 Å². The maximum atomic E-state index is 13.1. The molecule has 3 aliphatic rings. The highest BCUT2D eigenvalue weighted by Crippen LogP contribution is 2.55. The van der Waals surface area contributed by atoms with Crippen LogP contribution in [-0.2, 0) is 21.1 Å². The molecule has 7 nitrogen and oxygen atoms in total. The largest absolute Gasteiger partial charge is 0.447 e. The number of nitrogens with zero attached hydrogens (tertiary/aromatic N) is 1. The molecule has 0 radical (unpaired) electrons. The van der Waals surface area contributed by atoms with E-state index in [0.717, 1.165) is 54.0 Å². The van der Waals surface area contributed by atoms with E-state index >= 15 is 0 Å². The van der Waals surface area contributed by atoms with Crippen LogP contribution < -0.4 is 15.8 Å². The van der Waals surface area contributed by atoms with Crippen molar-refractivity contribution in [3.63, 3.8) is 0 Å². The zero-order valence-corrected chi connectivity index (χ0v) is 24.3. The number of nitrogens with one attached hydrogen (secondary N) is 2. The van der Waals surface area contributed by atoms with Crippen LogP contribution in [0.2, 0.25) is 0 Å². The third-order valence-electron chi connectivity index (χ3n) is 6.79. The van der Waals surface area contributed by atoms with Crippen LogP contribution in [0.25, 0.3) is 10.4 Å². The van der Waals surface area contributed by atoms with Crippen molar-refractivity contribution in [3.8, 4) is 10.4 Å². The lowest BCUT2D eigenvalue weighted by atomic mass is 9.57. The Balaban J connectivity index is 0.00000176. The van der Waals surface area contributed by atoms with E-state index in [-0.39, 0.29) is 28.7 Å². The van der Waals surface area contributed by atoms with Crippen molar-refractivity contribution in [2.24, 2.45) is 0 Å². The molecule has 3 saturated carbocycles. The summed E-state index contributed by atoms with van der Waals surface area (Å²) in [6.45, 7) is 13.7. The molecule has 2 aromatic rings.